The Morgan fingerprint density at radius 1 is 1.33 bits per heavy atom. The summed E-state index contributed by atoms with van der Waals surface area (Å²) in [5, 5.41) is 13.4. The predicted molar refractivity (Wildman–Crippen MR) is 85.4 cm³/mol. The van der Waals surface area contributed by atoms with E-state index in [-0.39, 0.29) is 0 Å². The van der Waals surface area contributed by atoms with E-state index >= 15 is 0 Å². The SMILES string of the molecule is CCC(Nc1cc(-c2nnco2)ccc1C)c1cccs1. The molecule has 4 nitrogen and oxygen atoms in total. The zero-order valence-corrected chi connectivity index (χ0v) is 12.9. The number of thiophene rings is 1. The lowest BCUT2D eigenvalue weighted by Gasteiger charge is -2.19. The maximum absolute atomic E-state index is 5.27. The number of rotatable bonds is 5. The molecule has 0 radical (unpaired) electrons. The first kappa shape index (κ1) is 13.8. The molecule has 21 heavy (non-hydrogen) atoms. The molecule has 0 aliphatic carbocycles. The van der Waals surface area contributed by atoms with Crippen molar-refractivity contribution in [2.45, 2.75) is 26.3 Å². The molecule has 1 atom stereocenters. The van der Waals surface area contributed by atoms with E-state index in [4.69, 9.17) is 4.42 Å². The third kappa shape index (κ3) is 2.97. The average molecular weight is 299 g/mol. The second-order valence-corrected chi connectivity index (χ2v) is 5.87. The first-order chi connectivity index (χ1) is 10.3. The van der Waals surface area contributed by atoms with Crippen molar-refractivity contribution in [1.82, 2.24) is 10.2 Å². The molecule has 0 fully saturated rings. The fourth-order valence-corrected chi connectivity index (χ4v) is 3.12. The van der Waals surface area contributed by atoms with E-state index in [0.717, 1.165) is 17.7 Å². The number of nitrogens with zero attached hydrogens (tertiary/aromatic N) is 2. The average Bonchev–Trinajstić information content (AvgIpc) is 3.19. The van der Waals surface area contributed by atoms with E-state index in [9.17, 15) is 0 Å². The van der Waals surface area contributed by atoms with Gasteiger partial charge in [-0.1, -0.05) is 19.1 Å². The molecule has 1 unspecified atom stereocenters. The van der Waals surface area contributed by atoms with Gasteiger partial charge >= 0.3 is 0 Å². The third-order valence-electron chi connectivity index (χ3n) is 3.47. The molecule has 1 aromatic carbocycles. The maximum atomic E-state index is 5.27. The fraction of sp³-hybridized carbons (Fsp3) is 0.250. The highest BCUT2D eigenvalue weighted by Crippen LogP contribution is 2.30. The van der Waals surface area contributed by atoms with E-state index in [1.54, 1.807) is 11.3 Å². The Balaban J connectivity index is 1.89. The van der Waals surface area contributed by atoms with Gasteiger partial charge in [0.1, 0.15) is 0 Å². The second-order valence-electron chi connectivity index (χ2n) is 4.89. The molecule has 1 N–H and O–H groups in total. The molecule has 0 spiro atoms. The lowest BCUT2D eigenvalue weighted by molar-refractivity contribution is 0.568. The van der Waals surface area contributed by atoms with Gasteiger partial charge in [0.25, 0.3) is 0 Å². The van der Waals surface area contributed by atoms with Gasteiger partial charge in [-0.25, -0.2) is 0 Å². The highest BCUT2D eigenvalue weighted by molar-refractivity contribution is 7.10. The van der Waals surface area contributed by atoms with Gasteiger partial charge in [0.05, 0.1) is 6.04 Å². The van der Waals surface area contributed by atoms with Crippen molar-refractivity contribution in [1.29, 1.82) is 0 Å². The summed E-state index contributed by atoms with van der Waals surface area (Å²) in [5.41, 5.74) is 3.24. The quantitative estimate of drug-likeness (QED) is 0.744. The number of hydrogen-bond donors (Lipinski definition) is 1. The first-order valence-electron chi connectivity index (χ1n) is 6.95. The van der Waals surface area contributed by atoms with Crippen LogP contribution in [0.25, 0.3) is 11.5 Å². The molecule has 3 aromatic rings. The van der Waals surface area contributed by atoms with Gasteiger partial charge in [-0.05, 0) is 42.5 Å². The molecule has 108 valence electrons. The van der Waals surface area contributed by atoms with E-state index in [2.05, 4.69) is 59.0 Å². The number of nitrogens with one attached hydrogen (secondary N) is 1. The van der Waals surface area contributed by atoms with Crippen LogP contribution in [0.3, 0.4) is 0 Å². The summed E-state index contributed by atoms with van der Waals surface area (Å²) >= 11 is 1.78. The fourth-order valence-electron chi connectivity index (χ4n) is 2.26. The van der Waals surface area contributed by atoms with Crippen LogP contribution in [0.2, 0.25) is 0 Å². The summed E-state index contributed by atoms with van der Waals surface area (Å²) in [6.07, 6.45) is 2.38. The standard InChI is InChI=1S/C16H17N3OS/c1-3-13(15-5-4-8-21-15)18-14-9-12(7-6-11(14)2)16-19-17-10-20-16/h4-10,13,18H,3H2,1-2H3. The number of aryl methyl sites for hydroxylation is 1. The second kappa shape index (κ2) is 6.10. The van der Waals surface area contributed by atoms with Gasteiger partial charge in [0.15, 0.2) is 0 Å². The zero-order chi connectivity index (χ0) is 14.7. The molecule has 0 aliphatic heterocycles. The summed E-state index contributed by atoms with van der Waals surface area (Å²) in [5.74, 6) is 0.544. The third-order valence-corrected chi connectivity index (χ3v) is 4.46. The van der Waals surface area contributed by atoms with Crippen LogP contribution in [0.4, 0.5) is 5.69 Å². The molecule has 2 heterocycles. The minimum Gasteiger partial charge on any atom is -0.423 e. The largest absolute Gasteiger partial charge is 0.423 e. The predicted octanol–water partition coefficient (Wildman–Crippen LogP) is 4.67. The van der Waals surface area contributed by atoms with Gasteiger partial charge in [-0.2, -0.15) is 0 Å². The number of benzene rings is 1. The van der Waals surface area contributed by atoms with E-state index in [0.29, 0.717) is 11.9 Å². The lowest BCUT2D eigenvalue weighted by Crippen LogP contribution is -2.09. The van der Waals surface area contributed by atoms with Crippen molar-refractivity contribution in [3.63, 3.8) is 0 Å². The Morgan fingerprint density at radius 3 is 2.90 bits per heavy atom. The Hall–Kier alpha value is -2.14. The van der Waals surface area contributed by atoms with Crippen molar-refractivity contribution in [3.05, 3.63) is 52.5 Å². The summed E-state index contributed by atoms with van der Waals surface area (Å²) in [4.78, 5) is 1.35. The van der Waals surface area contributed by atoms with Crippen molar-refractivity contribution < 1.29 is 4.42 Å². The van der Waals surface area contributed by atoms with Crippen molar-refractivity contribution in [2.75, 3.05) is 5.32 Å². The van der Waals surface area contributed by atoms with Gasteiger partial charge < -0.3 is 9.73 Å². The summed E-state index contributed by atoms with van der Waals surface area (Å²) in [6.45, 7) is 4.29. The minimum atomic E-state index is 0.321. The van der Waals surface area contributed by atoms with Crippen LogP contribution in [0, 0.1) is 6.92 Å². The number of aromatic nitrogens is 2. The molecule has 5 heteroatoms. The molecule has 0 amide bonds. The summed E-state index contributed by atoms with van der Waals surface area (Å²) in [7, 11) is 0. The van der Waals surface area contributed by atoms with Crippen LogP contribution in [0.1, 0.15) is 29.8 Å². The molecule has 0 saturated carbocycles. The molecule has 2 aromatic heterocycles. The van der Waals surface area contributed by atoms with Crippen LogP contribution in [-0.2, 0) is 0 Å². The smallest absolute Gasteiger partial charge is 0.247 e. The highest BCUT2D eigenvalue weighted by Gasteiger charge is 2.13. The van der Waals surface area contributed by atoms with Crippen LogP contribution >= 0.6 is 11.3 Å². The monoisotopic (exact) mass is 299 g/mol. The van der Waals surface area contributed by atoms with Crippen LogP contribution < -0.4 is 5.32 Å². The van der Waals surface area contributed by atoms with E-state index < -0.39 is 0 Å². The van der Waals surface area contributed by atoms with Crippen molar-refractivity contribution in [3.8, 4) is 11.5 Å². The normalized spacial score (nSPS) is 12.3. The van der Waals surface area contributed by atoms with E-state index in [1.807, 2.05) is 6.07 Å². The van der Waals surface area contributed by atoms with Crippen molar-refractivity contribution in [2.24, 2.45) is 0 Å². The molecule has 0 saturated heterocycles. The van der Waals surface area contributed by atoms with E-state index in [1.165, 1.54) is 16.8 Å². The minimum absolute atomic E-state index is 0.321. The molecular weight excluding hydrogens is 282 g/mol. The van der Waals surface area contributed by atoms with Gasteiger partial charge in [0, 0.05) is 16.1 Å². The van der Waals surface area contributed by atoms with Gasteiger partial charge in [-0.3, -0.25) is 0 Å². The lowest BCUT2D eigenvalue weighted by atomic mass is 10.1. The molecule has 0 bridgehead atoms. The Morgan fingerprint density at radius 2 is 2.24 bits per heavy atom. The van der Waals surface area contributed by atoms with Crippen molar-refractivity contribution >= 4 is 17.0 Å². The van der Waals surface area contributed by atoms with Gasteiger partial charge in [-0.15, -0.1) is 21.5 Å². The Kier molecular flexibility index (Phi) is 4.01. The van der Waals surface area contributed by atoms with Gasteiger partial charge in [0.2, 0.25) is 12.3 Å². The zero-order valence-electron chi connectivity index (χ0n) is 12.0. The van der Waals surface area contributed by atoms with Crippen LogP contribution in [0.5, 0.6) is 0 Å². The molecule has 3 rings (SSSR count). The Labute approximate surface area is 127 Å². The highest BCUT2D eigenvalue weighted by atomic mass is 32.1. The van der Waals surface area contributed by atoms with Crippen LogP contribution in [-0.4, -0.2) is 10.2 Å². The molecule has 0 aliphatic rings. The number of hydrogen-bond acceptors (Lipinski definition) is 5. The van der Waals surface area contributed by atoms with Crippen LogP contribution in [0.15, 0.2) is 46.5 Å². The summed E-state index contributed by atoms with van der Waals surface area (Å²) in [6, 6.07) is 10.7. The number of anilines is 1. The maximum Gasteiger partial charge on any atom is 0.247 e. The molecular formula is C16H17N3OS. The topological polar surface area (TPSA) is 51.0 Å². The summed E-state index contributed by atoms with van der Waals surface area (Å²) < 4.78 is 5.27. The first-order valence-corrected chi connectivity index (χ1v) is 7.83. The Bertz CT molecular complexity index is 692.